The van der Waals surface area contributed by atoms with Gasteiger partial charge in [-0.15, -0.1) is 0 Å². The highest BCUT2D eigenvalue weighted by molar-refractivity contribution is 5.29. The monoisotopic (exact) mass is 283 g/mol. The Labute approximate surface area is 128 Å². The smallest absolute Gasteiger partial charge is 0.102 e. The number of aryl methyl sites for hydroxylation is 1. The van der Waals surface area contributed by atoms with E-state index >= 15 is 0 Å². The van der Waals surface area contributed by atoms with Gasteiger partial charge in [0.25, 0.3) is 0 Å². The summed E-state index contributed by atoms with van der Waals surface area (Å²) in [6, 6.07) is 19.4. The third-order valence-corrected chi connectivity index (χ3v) is 3.86. The molecule has 0 saturated carbocycles. The second-order valence-corrected chi connectivity index (χ2v) is 5.20. The van der Waals surface area contributed by atoms with Gasteiger partial charge >= 0.3 is 0 Å². The second kappa shape index (κ2) is 7.96. The van der Waals surface area contributed by atoms with Crippen molar-refractivity contribution in [1.82, 2.24) is 5.32 Å². The molecule has 0 fully saturated rings. The number of hydrogen-bond acceptors (Lipinski definition) is 2. The minimum absolute atomic E-state index is 0.0126. The van der Waals surface area contributed by atoms with Gasteiger partial charge in [0, 0.05) is 7.11 Å². The van der Waals surface area contributed by atoms with Crippen molar-refractivity contribution in [3.63, 3.8) is 0 Å². The van der Waals surface area contributed by atoms with Crippen LogP contribution in [0.15, 0.2) is 54.6 Å². The molecule has 2 nitrogen and oxygen atoms in total. The van der Waals surface area contributed by atoms with Crippen molar-refractivity contribution in [1.29, 1.82) is 0 Å². The summed E-state index contributed by atoms with van der Waals surface area (Å²) in [5.41, 5.74) is 3.83. The highest BCUT2D eigenvalue weighted by Gasteiger charge is 2.23. The zero-order valence-corrected chi connectivity index (χ0v) is 13.2. The van der Waals surface area contributed by atoms with Crippen molar-refractivity contribution in [3.05, 3.63) is 71.3 Å². The molecular weight excluding hydrogens is 258 g/mol. The lowest BCUT2D eigenvalue weighted by atomic mass is 9.94. The number of rotatable bonds is 7. The fourth-order valence-corrected chi connectivity index (χ4v) is 2.69. The number of nitrogens with one attached hydrogen (secondary N) is 1. The van der Waals surface area contributed by atoms with Crippen LogP contribution >= 0.6 is 0 Å². The molecule has 2 unspecified atom stereocenters. The number of likely N-dealkylation sites (N-methyl/N-ethyl adjacent to an activating group) is 1. The first kappa shape index (κ1) is 15.7. The Hall–Kier alpha value is -1.64. The predicted octanol–water partition coefficient (Wildman–Crippen LogP) is 4.29. The van der Waals surface area contributed by atoms with Gasteiger partial charge in [-0.3, -0.25) is 0 Å². The van der Waals surface area contributed by atoms with Crippen LogP contribution in [0.4, 0.5) is 0 Å². The first-order chi connectivity index (χ1) is 10.3. The average Bonchev–Trinajstić information content (AvgIpc) is 2.56. The van der Waals surface area contributed by atoms with E-state index in [2.05, 4.69) is 67.7 Å². The standard InChI is InChI=1S/C19H25NO/c1-4-15-11-13-16(14-12-15)18(20-5-2)19(21-3)17-9-7-6-8-10-17/h6-14,18-20H,4-5H2,1-3H3. The van der Waals surface area contributed by atoms with Crippen LogP contribution in [0.5, 0.6) is 0 Å². The molecule has 112 valence electrons. The van der Waals surface area contributed by atoms with Crippen LogP contribution in [0.1, 0.15) is 42.7 Å². The Bertz CT molecular complexity index is 521. The van der Waals surface area contributed by atoms with Crippen molar-refractivity contribution in [3.8, 4) is 0 Å². The molecule has 0 bridgehead atoms. The van der Waals surface area contributed by atoms with E-state index in [9.17, 15) is 0 Å². The van der Waals surface area contributed by atoms with Gasteiger partial charge in [0.1, 0.15) is 6.10 Å². The number of hydrogen-bond donors (Lipinski definition) is 1. The van der Waals surface area contributed by atoms with Crippen molar-refractivity contribution in [2.45, 2.75) is 32.4 Å². The number of methoxy groups -OCH3 is 1. The number of ether oxygens (including phenoxy) is 1. The van der Waals surface area contributed by atoms with Crippen molar-refractivity contribution < 1.29 is 4.74 Å². The zero-order valence-electron chi connectivity index (χ0n) is 13.2. The van der Waals surface area contributed by atoms with Crippen LogP contribution in [-0.2, 0) is 11.2 Å². The fraction of sp³-hybridized carbons (Fsp3) is 0.368. The lowest BCUT2D eigenvalue weighted by Gasteiger charge is -2.28. The minimum Gasteiger partial charge on any atom is -0.375 e. The second-order valence-electron chi connectivity index (χ2n) is 5.20. The summed E-state index contributed by atoms with van der Waals surface area (Å²) in [5.74, 6) is 0. The molecule has 2 rings (SSSR count). The highest BCUT2D eigenvalue weighted by Crippen LogP contribution is 2.31. The molecule has 2 aromatic rings. The van der Waals surface area contributed by atoms with E-state index in [1.807, 2.05) is 6.07 Å². The maximum absolute atomic E-state index is 5.80. The Kier molecular flexibility index (Phi) is 5.97. The minimum atomic E-state index is 0.0126. The lowest BCUT2D eigenvalue weighted by Crippen LogP contribution is -2.28. The van der Waals surface area contributed by atoms with Gasteiger partial charge in [-0.2, -0.15) is 0 Å². The summed E-state index contributed by atoms with van der Waals surface area (Å²) in [4.78, 5) is 0. The molecule has 0 spiro atoms. The predicted molar refractivity (Wildman–Crippen MR) is 88.4 cm³/mol. The van der Waals surface area contributed by atoms with E-state index in [4.69, 9.17) is 4.74 Å². The van der Waals surface area contributed by atoms with Crippen LogP contribution in [0.25, 0.3) is 0 Å². The molecule has 0 aliphatic heterocycles. The summed E-state index contributed by atoms with van der Waals surface area (Å²) in [7, 11) is 1.78. The van der Waals surface area contributed by atoms with Crippen LogP contribution in [0.2, 0.25) is 0 Å². The molecule has 1 N–H and O–H groups in total. The number of benzene rings is 2. The molecule has 0 aromatic heterocycles. The summed E-state index contributed by atoms with van der Waals surface area (Å²) in [6.45, 7) is 5.22. The maximum atomic E-state index is 5.80. The van der Waals surface area contributed by atoms with Gasteiger partial charge in [-0.05, 0) is 29.7 Å². The summed E-state index contributed by atoms with van der Waals surface area (Å²) >= 11 is 0. The third kappa shape index (κ3) is 3.93. The first-order valence-corrected chi connectivity index (χ1v) is 7.70. The van der Waals surface area contributed by atoms with E-state index in [-0.39, 0.29) is 12.1 Å². The first-order valence-electron chi connectivity index (χ1n) is 7.70. The molecule has 21 heavy (non-hydrogen) atoms. The zero-order chi connectivity index (χ0) is 15.1. The lowest BCUT2D eigenvalue weighted by molar-refractivity contribution is 0.0681. The van der Waals surface area contributed by atoms with Gasteiger partial charge in [-0.25, -0.2) is 0 Å². The van der Waals surface area contributed by atoms with E-state index < -0.39 is 0 Å². The maximum Gasteiger partial charge on any atom is 0.102 e. The normalized spacial score (nSPS) is 13.9. The van der Waals surface area contributed by atoms with E-state index in [0.717, 1.165) is 13.0 Å². The van der Waals surface area contributed by atoms with Crippen molar-refractivity contribution in [2.75, 3.05) is 13.7 Å². The molecule has 2 heteroatoms. The SMILES string of the molecule is CCNC(c1ccc(CC)cc1)C(OC)c1ccccc1. The van der Waals surface area contributed by atoms with Gasteiger partial charge in [-0.1, -0.05) is 68.4 Å². The van der Waals surface area contributed by atoms with E-state index in [1.165, 1.54) is 16.7 Å². The Morgan fingerprint density at radius 1 is 0.905 bits per heavy atom. The summed E-state index contributed by atoms with van der Waals surface area (Å²) < 4.78 is 5.80. The molecule has 0 radical (unpaired) electrons. The van der Waals surface area contributed by atoms with Gasteiger partial charge in [0.05, 0.1) is 6.04 Å². The molecule has 0 heterocycles. The molecule has 0 aliphatic rings. The van der Waals surface area contributed by atoms with E-state index in [1.54, 1.807) is 7.11 Å². The van der Waals surface area contributed by atoms with Crippen molar-refractivity contribution >= 4 is 0 Å². The van der Waals surface area contributed by atoms with Gasteiger partial charge in [0.2, 0.25) is 0 Å². The largest absolute Gasteiger partial charge is 0.375 e. The van der Waals surface area contributed by atoms with Gasteiger partial charge in [0.15, 0.2) is 0 Å². The Balaban J connectivity index is 2.31. The molecule has 0 saturated heterocycles. The van der Waals surface area contributed by atoms with Gasteiger partial charge < -0.3 is 10.1 Å². The van der Waals surface area contributed by atoms with Crippen LogP contribution < -0.4 is 5.32 Å². The average molecular weight is 283 g/mol. The molecule has 2 atom stereocenters. The Morgan fingerprint density at radius 3 is 2.10 bits per heavy atom. The fourth-order valence-electron chi connectivity index (χ4n) is 2.69. The van der Waals surface area contributed by atoms with E-state index in [0.29, 0.717) is 0 Å². The third-order valence-electron chi connectivity index (χ3n) is 3.86. The summed E-state index contributed by atoms with van der Waals surface area (Å²) in [6.07, 6.45) is 1.08. The highest BCUT2D eigenvalue weighted by atomic mass is 16.5. The van der Waals surface area contributed by atoms with Crippen LogP contribution in [0.3, 0.4) is 0 Å². The molecule has 2 aromatic carbocycles. The quantitative estimate of drug-likeness (QED) is 0.818. The Morgan fingerprint density at radius 2 is 1.57 bits per heavy atom. The molecule has 0 aliphatic carbocycles. The molecular formula is C19H25NO. The van der Waals surface area contributed by atoms with Crippen molar-refractivity contribution in [2.24, 2.45) is 0 Å². The summed E-state index contributed by atoms with van der Waals surface area (Å²) in [5, 5.41) is 3.56. The topological polar surface area (TPSA) is 21.3 Å². The molecule has 0 amide bonds. The van der Waals surface area contributed by atoms with Crippen LogP contribution in [0, 0.1) is 0 Å². The van der Waals surface area contributed by atoms with Crippen LogP contribution in [-0.4, -0.2) is 13.7 Å².